The molecule has 5 nitrogen and oxygen atoms in total. The third kappa shape index (κ3) is 3.92. The summed E-state index contributed by atoms with van der Waals surface area (Å²) in [5.41, 5.74) is 0.242. The Morgan fingerprint density at radius 2 is 2.14 bits per heavy atom. The van der Waals surface area contributed by atoms with E-state index in [0.717, 1.165) is 23.6 Å². The molecule has 0 aliphatic heterocycles. The van der Waals surface area contributed by atoms with Gasteiger partial charge in [0.2, 0.25) is 0 Å². The number of rotatable bonds is 6. The van der Waals surface area contributed by atoms with Gasteiger partial charge in [-0.3, -0.25) is 9.52 Å². The molecule has 1 aromatic carbocycles. The number of ether oxygens (including phenoxy) is 1. The molecule has 0 saturated carbocycles. The van der Waals surface area contributed by atoms with Gasteiger partial charge in [0, 0.05) is 11.4 Å². The molecule has 112 valence electrons. The van der Waals surface area contributed by atoms with Crippen LogP contribution in [0.5, 0.6) is 5.75 Å². The predicted octanol–water partition coefficient (Wildman–Crippen LogP) is 3.39. The van der Waals surface area contributed by atoms with Crippen LogP contribution in [0.2, 0.25) is 5.15 Å². The van der Waals surface area contributed by atoms with Gasteiger partial charge in [-0.2, -0.15) is 0 Å². The monoisotopic (exact) mass is 325 g/mol. The minimum absolute atomic E-state index is 0.242. The van der Waals surface area contributed by atoms with E-state index in [1.807, 2.05) is 31.2 Å². The van der Waals surface area contributed by atoms with E-state index in [2.05, 4.69) is 9.71 Å². The number of imidazole rings is 1. The summed E-state index contributed by atoms with van der Waals surface area (Å²) in [7, 11) is 1.61. The number of methoxy groups -OCH3 is 1. The highest BCUT2D eigenvalue weighted by molar-refractivity contribution is 7.98. The van der Waals surface area contributed by atoms with Crippen LogP contribution in [-0.4, -0.2) is 22.6 Å². The maximum absolute atomic E-state index is 12.1. The maximum atomic E-state index is 12.1. The van der Waals surface area contributed by atoms with Crippen molar-refractivity contribution in [1.29, 1.82) is 0 Å². The molecule has 0 aliphatic carbocycles. The van der Waals surface area contributed by atoms with Gasteiger partial charge in [-0.25, -0.2) is 4.98 Å². The number of aromatic nitrogens is 2. The Morgan fingerprint density at radius 1 is 1.43 bits per heavy atom. The van der Waals surface area contributed by atoms with E-state index in [4.69, 9.17) is 16.3 Å². The summed E-state index contributed by atoms with van der Waals surface area (Å²) in [5, 5.41) is 0.365. The van der Waals surface area contributed by atoms with E-state index >= 15 is 0 Å². The first-order valence-corrected chi connectivity index (χ1v) is 7.67. The lowest BCUT2D eigenvalue weighted by molar-refractivity contribution is 0.0980. The van der Waals surface area contributed by atoms with Gasteiger partial charge in [-0.05, 0) is 42.6 Å². The lowest BCUT2D eigenvalue weighted by Crippen LogP contribution is -2.16. The zero-order chi connectivity index (χ0) is 15.2. The van der Waals surface area contributed by atoms with Crippen molar-refractivity contribution in [2.24, 2.45) is 0 Å². The summed E-state index contributed by atoms with van der Waals surface area (Å²) in [6.45, 7) is 2.78. The molecule has 0 atom stereocenters. The number of aryl methyl sites for hydroxylation is 1. The van der Waals surface area contributed by atoms with Crippen LogP contribution in [-0.2, 0) is 6.54 Å². The van der Waals surface area contributed by atoms with Crippen molar-refractivity contribution in [2.75, 3.05) is 7.11 Å². The van der Waals surface area contributed by atoms with E-state index in [1.165, 1.54) is 11.9 Å². The molecule has 0 fully saturated rings. The van der Waals surface area contributed by atoms with E-state index in [1.54, 1.807) is 18.0 Å². The predicted molar refractivity (Wildman–Crippen MR) is 83.8 cm³/mol. The highest BCUT2D eigenvalue weighted by Crippen LogP contribution is 2.21. The van der Waals surface area contributed by atoms with Crippen LogP contribution in [0, 0.1) is 0 Å². The van der Waals surface area contributed by atoms with E-state index in [9.17, 15) is 4.79 Å². The first-order chi connectivity index (χ1) is 10.2. The molecule has 0 radical (unpaired) electrons. The third-order valence-corrected chi connectivity index (χ3v) is 3.97. The summed E-state index contributed by atoms with van der Waals surface area (Å²) in [5.74, 6) is 0.461. The summed E-state index contributed by atoms with van der Waals surface area (Å²) in [6, 6.07) is 7.39. The van der Waals surface area contributed by atoms with Crippen LogP contribution in [0.25, 0.3) is 0 Å². The Labute approximate surface area is 132 Å². The second-order valence-electron chi connectivity index (χ2n) is 4.29. The summed E-state index contributed by atoms with van der Waals surface area (Å²) in [6.07, 6.45) is 2.51. The molecule has 1 heterocycles. The van der Waals surface area contributed by atoms with Crippen molar-refractivity contribution in [3.63, 3.8) is 0 Å². The largest absolute Gasteiger partial charge is 0.497 e. The van der Waals surface area contributed by atoms with E-state index in [-0.39, 0.29) is 11.6 Å². The summed E-state index contributed by atoms with van der Waals surface area (Å²) in [4.78, 5) is 17.0. The van der Waals surface area contributed by atoms with Crippen LogP contribution < -0.4 is 9.46 Å². The number of carbonyl (C=O) groups is 1. The molecule has 21 heavy (non-hydrogen) atoms. The molecule has 0 saturated heterocycles. The molecular formula is C14H16ClN3O2S. The normalized spacial score (nSPS) is 10.4. The fourth-order valence-corrected chi connectivity index (χ4v) is 2.56. The van der Waals surface area contributed by atoms with E-state index < -0.39 is 0 Å². The first kappa shape index (κ1) is 15.7. The molecule has 0 bridgehead atoms. The smallest absolute Gasteiger partial charge is 0.283 e. The highest BCUT2D eigenvalue weighted by atomic mass is 35.5. The number of hydrogen-bond donors (Lipinski definition) is 1. The summed E-state index contributed by atoms with van der Waals surface area (Å²) < 4.78 is 9.56. The van der Waals surface area contributed by atoms with Gasteiger partial charge in [-0.15, -0.1) is 0 Å². The molecular weight excluding hydrogens is 310 g/mol. The van der Waals surface area contributed by atoms with Crippen LogP contribution in [0.4, 0.5) is 0 Å². The lowest BCUT2D eigenvalue weighted by Gasteiger charge is -2.05. The number of benzene rings is 1. The van der Waals surface area contributed by atoms with Crippen LogP contribution in [0.15, 0.2) is 35.5 Å². The minimum Gasteiger partial charge on any atom is -0.497 e. The van der Waals surface area contributed by atoms with Crippen LogP contribution >= 0.6 is 23.5 Å². The minimum atomic E-state index is -0.310. The van der Waals surface area contributed by atoms with E-state index in [0.29, 0.717) is 5.15 Å². The second kappa shape index (κ2) is 7.38. The average Bonchev–Trinajstić information content (AvgIpc) is 2.87. The number of halogens is 1. The molecule has 0 unspecified atom stereocenters. The average molecular weight is 326 g/mol. The second-order valence-corrected chi connectivity index (χ2v) is 5.52. The fourth-order valence-electron chi connectivity index (χ4n) is 1.71. The van der Waals surface area contributed by atoms with Gasteiger partial charge in [0.1, 0.15) is 10.9 Å². The Morgan fingerprint density at radius 3 is 2.76 bits per heavy atom. The molecule has 0 aliphatic rings. The highest BCUT2D eigenvalue weighted by Gasteiger charge is 2.16. The number of hydrogen-bond acceptors (Lipinski definition) is 4. The lowest BCUT2D eigenvalue weighted by atomic mass is 10.3. The fraction of sp³-hybridized carbons (Fsp3) is 0.286. The zero-order valence-corrected chi connectivity index (χ0v) is 13.4. The van der Waals surface area contributed by atoms with Gasteiger partial charge in [-0.1, -0.05) is 18.5 Å². The van der Waals surface area contributed by atoms with Gasteiger partial charge in [0.15, 0.2) is 5.69 Å². The number of nitrogens with one attached hydrogen (secondary N) is 1. The van der Waals surface area contributed by atoms with Crippen molar-refractivity contribution >= 4 is 29.5 Å². The topological polar surface area (TPSA) is 56.2 Å². The van der Waals surface area contributed by atoms with Crippen LogP contribution in [0.3, 0.4) is 0 Å². The Bertz CT molecular complexity index is 613. The third-order valence-electron chi connectivity index (χ3n) is 2.77. The Kier molecular flexibility index (Phi) is 5.52. The quantitative estimate of drug-likeness (QED) is 0.827. The van der Waals surface area contributed by atoms with Crippen LogP contribution in [0.1, 0.15) is 23.8 Å². The molecule has 2 rings (SSSR count). The van der Waals surface area contributed by atoms with Crippen molar-refractivity contribution < 1.29 is 9.53 Å². The molecule has 0 spiro atoms. The maximum Gasteiger partial charge on any atom is 0.283 e. The number of carbonyl (C=O) groups excluding carboxylic acids is 1. The molecule has 7 heteroatoms. The molecule has 1 N–H and O–H groups in total. The van der Waals surface area contributed by atoms with Crippen molar-refractivity contribution in [3.8, 4) is 5.75 Å². The van der Waals surface area contributed by atoms with Crippen molar-refractivity contribution in [2.45, 2.75) is 24.8 Å². The van der Waals surface area contributed by atoms with Gasteiger partial charge in [0.05, 0.1) is 13.4 Å². The van der Waals surface area contributed by atoms with Crippen molar-refractivity contribution in [3.05, 3.63) is 41.4 Å². The summed E-state index contributed by atoms with van der Waals surface area (Å²) >= 11 is 7.34. The van der Waals surface area contributed by atoms with Gasteiger partial charge >= 0.3 is 0 Å². The van der Waals surface area contributed by atoms with Gasteiger partial charge < -0.3 is 9.30 Å². The first-order valence-electron chi connectivity index (χ1n) is 6.47. The number of nitrogens with zero attached hydrogens (tertiary/aromatic N) is 2. The van der Waals surface area contributed by atoms with Gasteiger partial charge in [0.25, 0.3) is 5.91 Å². The Balaban J connectivity index is 1.97. The Hall–Kier alpha value is -1.66. The molecule has 1 amide bonds. The SMILES string of the molecule is CCCn1cnc(C(=O)NSc2ccc(OC)cc2)c1Cl. The molecule has 2 aromatic rings. The molecule has 1 aromatic heterocycles. The standard InChI is InChI=1S/C14H16ClN3O2S/c1-3-8-18-9-16-12(13(18)15)14(19)17-21-11-6-4-10(20-2)5-7-11/h4-7,9H,3,8H2,1-2H3,(H,17,19). The number of amides is 1. The zero-order valence-electron chi connectivity index (χ0n) is 11.8. The van der Waals surface area contributed by atoms with Crippen molar-refractivity contribution in [1.82, 2.24) is 14.3 Å².